The van der Waals surface area contributed by atoms with E-state index in [0.717, 1.165) is 11.2 Å². The summed E-state index contributed by atoms with van der Waals surface area (Å²) < 4.78 is 7.59. The summed E-state index contributed by atoms with van der Waals surface area (Å²) in [6.07, 6.45) is 3.54. The smallest absolute Gasteiger partial charge is 0.302 e. The molecule has 10 heteroatoms. The molecule has 172 valence electrons. The minimum Gasteiger partial charge on any atom is -0.423 e. The van der Waals surface area contributed by atoms with Crippen molar-refractivity contribution in [2.24, 2.45) is 12.0 Å². The van der Waals surface area contributed by atoms with Crippen molar-refractivity contribution in [3.05, 3.63) is 88.6 Å². The van der Waals surface area contributed by atoms with Crippen LogP contribution in [0.1, 0.15) is 24.2 Å². The van der Waals surface area contributed by atoms with E-state index in [-0.39, 0.29) is 5.91 Å². The largest absolute Gasteiger partial charge is 0.423 e. The molecule has 9 nitrogen and oxygen atoms in total. The lowest BCUT2D eigenvalue weighted by Crippen LogP contribution is -2.39. The van der Waals surface area contributed by atoms with Gasteiger partial charge in [-0.1, -0.05) is 41.9 Å². The van der Waals surface area contributed by atoms with Crippen LogP contribution in [-0.2, 0) is 18.4 Å². The molecule has 0 aliphatic carbocycles. The van der Waals surface area contributed by atoms with E-state index in [9.17, 15) is 4.79 Å². The molecule has 2 aromatic carbocycles. The number of anilines is 1. The molecule has 1 unspecified atom stereocenters. The minimum atomic E-state index is -0.634. The number of amides is 1. The Balaban J connectivity index is 1.44. The van der Waals surface area contributed by atoms with E-state index in [1.807, 2.05) is 67.2 Å². The van der Waals surface area contributed by atoms with Gasteiger partial charge in [-0.05, 0) is 25.1 Å². The maximum Gasteiger partial charge on any atom is 0.302 e. The van der Waals surface area contributed by atoms with Crippen molar-refractivity contribution >= 4 is 40.6 Å². The zero-order valence-electron chi connectivity index (χ0n) is 18.5. The molecular weight excluding hydrogens is 454 g/mol. The van der Waals surface area contributed by atoms with Gasteiger partial charge in [-0.25, -0.2) is 9.98 Å². The molecule has 0 bridgehead atoms. The van der Waals surface area contributed by atoms with Gasteiger partial charge in [0, 0.05) is 29.5 Å². The fourth-order valence-corrected chi connectivity index (χ4v) is 4.05. The zero-order valence-corrected chi connectivity index (χ0v) is 19.3. The third-order valence-corrected chi connectivity index (χ3v) is 5.74. The highest BCUT2D eigenvalue weighted by Crippen LogP contribution is 2.35. The number of aromatic nitrogens is 3. The van der Waals surface area contributed by atoms with Gasteiger partial charge >= 0.3 is 6.01 Å². The number of benzene rings is 2. The molecule has 0 radical (unpaired) electrons. The Bertz CT molecular complexity index is 1400. The number of aliphatic imine (C=N–C) groups is 1. The summed E-state index contributed by atoms with van der Waals surface area (Å²) in [6.45, 7) is 2.12. The molecule has 0 saturated heterocycles. The van der Waals surface area contributed by atoms with E-state index in [0.29, 0.717) is 46.0 Å². The molecule has 0 fully saturated rings. The summed E-state index contributed by atoms with van der Waals surface area (Å²) in [4.78, 5) is 26.7. The first-order valence-electron chi connectivity index (χ1n) is 10.7. The van der Waals surface area contributed by atoms with Crippen molar-refractivity contribution in [2.45, 2.75) is 19.5 Å². The molecule has 2 aromatic heterocycles. The second-order valence-electron chi connectivity index (χ2n) is 7.89. The van der Waals surface area contributed by atoms with Crippen molar-refractivity contribution < 1.29 is 9.21 Å². The Kier molecular flexibility index (Phi) is 5.77. The fourth-order valence-electron chi connectivity index (χ4n) is 3.81. The van der Waals surface area contributed by atoms with Gasteiger partial charge < -0.3 is 19.6 Å². The number of allylic oxidation sites excluding steroid dienone is 1. The Labute approximate surface area is 200 Å². The van der Waals surface area contributed by atoms with Crippen LogP contribution >= 0.6 is 11.6 Å². The number of aryl methyl sites for hydroxylation is 1. The van der Waals surface area contributed by atoms with E-state index in [1.54, 1.807) is 12.4 Å². The SMILES string of the molecule is CC1=C(C(=O)NCc2cn(C)cn2)C(c2ccccc2Cl)N=C(Nc2nc3ccccc3o2)N1. The summed E-state index contributed by atoms with van der Waals surface area (Å²) in [5, 5.41) is 9.69. The van der Waals surface area contributed by atoms with Crippen molar-refractivity contribution in [2.75, 3.05) is 5.32 Å². The number of imidazole rings is 1. The lowest BCUT2D eigenvalue weighted by atomic mass is 9.95. The van der Waals surface area contributed by atoms with E-state index in [2.05, 4.69) is 25.9 Å². The first-order chi connectivity index (χ1) is 16.5. The molecule has 1 aliphatic heterocycles. The highest BCUT2D eigenvalue weighted by atomic mass is 35.5. The van der Waals surface area contributed by atoms with Crippen LogP contribution in [0.15, 0.2) is 81.7 Å². The van der Waals surface area contributed by atoms with Gasteiger partial charge in [0.15, 0.2) is 5.58 Å². The predicted molar refractivity (Wildman–Crippen MR) is 130 cm³/mol. The standard InChI is InChI=1S/C24H22ClN7O2/c1-14-20(22(33)26-11-15-12-32(2)13-27-15)21(16-7-3-4-8-17(16)25)30-23(28-14)31-24-29-18-9-5-6-10-19(18)34-24/h3-10,12-13,21H,11H2,1-2H3,(H,26,33)(H2,28,29,30,31). The number of guanidine groups is 1. The molecule has 34 heavy (non-hydrogen) atoms. The fraction of sp³-hybridized carbons (Fsp3) is 0.167. The number of halogens is 1. The minimum absolute atomic E-state index is 0.259. The monoisotopic (exact) mass is 475 g/mol. The number of rotatable bonds is 5. The van der Waals surface area contributed by atoms with Crippen LogP contribution in [0.25, 0.3) is 11.1 Å². The molecule has 3 N–H and O–H groups in total. The number of hydrogen-bond acceptors (Lipinski definition) is 7. The van der Waals surface area contributed by atoms with Crippen LogP contribution in [0.5, 0.6) is 0 Å². The van der Waals surface area contributed by atoms with Crippen LogP contribution in [0, 0.1) is 0 Å². The van der Waals surface area contributed by atoms with Gasteiger partial charge in [0.2, 0.25) is 5.96 Å². The van der Waals surface area contributed by atoms with Gasteiger partial charge in [0.1, 0.15) is 11.6 Å². The van der Waals surface area contributed by atoms with Crippen LogP contribution in [0.2, 0.25) is 5.02 Å². The maximum atomic E-state index is 13.3. The number of carbonyl (C=O) groups excluding carboxylic acids is 1. The molecule has 0 spiro atoms. The summed E-state index contributed by atoms with van der Waals surface area (Å²) in [7, 11) is 1.88. The first-order valence-corrected chi connectivity index (χ1v) is 11.0. The average molecular weight is 476 g/mol. The third kappa shape index (κ3) is 4.38. The number of oxazole rings is 1. The van der Waals surface area contributed by atoms with Crippen LogP contribution in [0.3, 0.4) is 0 Å². The van der Waals surface area contributed by atoms with Gasteiger partial charge in [-0.3, -0.25) is 10.1 Å². The molecule has 3 heterocycles. The number of nitrogens with zero attached hydrogens (tertiary/aromatic N) is 4. The van der Waals surface area contributed by atoms with Crippen LogP contribution in [-0.4, -0.2) is 26.4 Å². The predicted octanol–water partition coefficient (Wildman–Crippen LogP) is 3.92. The van der Waals surface area contributed by atoms with E-state index >= 15 is 0 Å². The Morgan fingerprint density at radius 1 is 1.21 bits per heavy atom. The zero-order chi connectivity index (χ0) is 23.7. The van der Waals surface area contributed by atoms with Gasteiger partial charge in [-0.15, -0.1) is 0 Å². The average Bonchev–Trinajstić information content (AvgIpc) is 3.42. The second kappa shape index (κ2) is 9.03. The number of hydrogen-bond donors (Lipinski definition) is 3. The summed E-state index contributed by atoms with van der Waals surface area (Å²) in [5.74, 6) is 0.139. The van der Waals surface area contributed by atoms with Crippen molar-refractivity contribution in [3.8, 4) is 0 Å². The molecule has 4 aromatic rings. The number of nitrogens with one attached hydrogen (secondary N) is 3. The molecule has 0 saturated carbocycles. The van der Waals surface area contributed by atoms with E-state index in [1.165, 1.54) is 0 Å². The van der Waals surface area contributed by atoms with E-state index < -0.39 is 6.04 Å². The van der Waals surface area contributed by atoms with Crippen molar-refractivity contribution in [1.29, 1.82) is 0 Å². The van der Waals surface area contributed by atoms with Crippen molar-refractivity contribution in [3.63, 3.8) is 0 Å². The van der Waals surface area contributed by atoms with E-state index in [4.69, 9.17) is 21.0 Å². The van der Waals surface area contributed by atoms with Gasteiger partial charge in [0.25, 0.3) is 5.91 Å². The lowest BCUT2D eigenvalue weighted by Gasteiger charge is -2.27. The topological polar surface area (TPSA) is 109 Å². The number of fused-ring (bicyclic) bond motifs is 1. The molecule has 1 atom stereocenters. The first kappa shape index (κ1) is 21.7. The van der Waals surface area contributed by atoms with Crippen LogP contribution in [0.4, 0.5) is 6.01 Å². The van der Waals surface area contributed by atoms with Crippen molar-refractivity contribution in [1.82, 2.24) is 25.2 Å². The Morgan fingerprint density at radius 2 is 2.00 bits per heavy atom. The Hall–Kier alpha value is -4.11. The molecule has 1 amide bonds. The quantitative estimate of drug-likeness (QED) is 0.403. The summed E-state index contributed by atoms with van der Waals surface area (Å²) in [6, 6.07) is 14.5. The van der Waals surface area contributed by atoms with Gasteiger partial charge in [-0.2, -0.15) is 4.98 Å². The lowest BCUT2D eigenvalue weighted by molar-refractivity contribution is -0.118. The highest BCUT2D eigenvalue weighted by Gasteiger charge is 2.31. The molecule has 1 aliphatic rings. The number of carbonyl (C=O) groups is 1. The summed E-state index contributed by atoms with van der Waals surface area (Å²) >= 11 is 6.50. The number of para-hydroxylation sites is 2. The second-order valence-corrected chi connectivity index (χ2v) is 8.30. The summed E-state index contributed by atoms with van der Waals surface area (Å²) in [5.41, 5.74) is 3.96. The van der Waals surface area contributed by atoms with Crippen LogP contribution < -0.4 is 16.0 Å². The maximum absolute atomic E-state index is 13.3. The normalized spacial score (nSPS) is 15.7. The highest BCUT2D eigenvalue weighted by molar-refractivity contribution is 6.31. The molecule has 5 rings (SSSR count). The third-order valence-electron chi connectivity index (χ3n) is 5.39. The van der Waals surface area contributed by atoms with Gasteiger partial charge in [0.05, 0.1) is 24.1 Å². The Morgan fingerprint density at radius 3 is 2.76 bits per heavy atom. The molecular formula is C24H22ClN7O2.